The SMILES string of the molecule is CC.CCN1CC=C(c2ccccc2)CCC1. The van der Waals surface area contributed by atoms with Crippen molar-refractivity contribution in [1.29, 1.82) is 0 Å². The average molecular weight is 231 g/mol. The fourth-order valence-electron chi connectivity index (χ4n) is 2.13. The van der Waals surface area contributed by atoms with Crippen molar-refractivity contribution in [2.45, 2.75) is 33.6 Å². The van der Waals surface area contributed by atoms with E-state index in [1.807, 2.05) is 13.8 Å². The molecule has 0 bridgehead atoms. The largest absolute Gasteiger partial charge is 0.300 e. The predicted octanol–water partition coefficient (Wildman–Crippen LogP) is 4.21. The molecule has 94 valence electrons. The Labute approximate surface area is 106 Å². The molecule has 0 aromatic heterocycles. The quantitative estimate of drug-likeness (QED) is 0.737. The minimum absolute atomic E-state index is 1.11. The van der Waals surface area contributed by atoms with Gasteiger partial charge >= 0.3 is 0 Å². The molecule has 0 atom stereocenters. The standard InChI is InChI=1S/C14H19N.C2H6/c1-2-15-11-6-9-14(10-12-15)13-7-4-3-5-8-13;1-2/h3-5,7-8,10H,2,6,9,11-12H2,1H3;1-2H3. The van der Waals surface area contributed by atoms with Crippen LogP contribution < -0.4 is 0 Å². The predicted molar refractivity (Wildman–Crippen MR) is 77.1 cm³/mol. The highest BCUT2D eigenvalue weighted by Crippen LogP contribution is 2.22. The Bertz CT molecular complexity index is 327. The Morgan fingerprint density at radius 2 is 1.82 bits per heavy atom. The smallest absolute Gasteiger partial charge is 0.0169 e. The summed E-state index contributed by atoms with van der Waals surface area (Å²) in [5.41, 5.74) is 2.92. The molecule has 0 N–H and O–H groups in total. The van der Waals surface area contributed by atoms with Gasteiger partial charge in [0.1, 0.15) is 0 Å². The Morgan fingerprint density at radius 3 is 2.47 bits per heavy atom. The van der Waals surface area contributed by atoms with Gasteiger partial charge in [-0.15, -0.1) is 0 Å². The van der Waals surface area contributed by atoms with Crippen molar-refractivity contribution >= 4 is 5.57 Å². The Kier molecular flexibility index (Phi) is 6.64. The van der Waals surface area contributed by atoms with E-state index in [1.165, 1.54) is 37.1 Å². The molecule has 1 aliphatic heterocycles. The first-order valence-corrected chi connectivity index (χ1v) is 6.87. The second-order valence-corrected chi connectivity index (χ2v) is 4.09. The van der Waals surface area contributed by atoms with Gasteiger partial charge in [-0.25, -0.2) is 0 Å². The highest BCUT2D eigenvalue weighted by molar-refractivity contribution is 5.65. The highest BCUT2D eigenvalue weighted by atomic mass is 15.1. The van der Waals surface area contributed by atoms with Crippen molar-refractivity contribution in [2.75, 3.05) is 19.6 Å². The van der Waals surface area contributed by atoms with Gasteiger partial charge in [0.25, 0.3) is 0 Å². The lowest BCUT2D eigenvalue weighted by atomic mass is 10.0. The van der Waals surface area contributed by atoms with Gasteiger partial charge in [-0.1, -0.05) is 57.2 Å². The maximum atomic E-state index is 2.50. The van der Waals surface area contributed by atoms with Crippen LogP contribution >= 0.6 is 0 Å². The van der Waals surface area contributed by atoms with Crippen LogP contribution in [0.3, 0.4) is 0 Å². The van der Waals surface area contributed by atoms with Crippen LogP contribution in [0.5, 0.6) is 0 Å². The molecule has 2 rings (SSSR count). The summed E-state index contributed by atoms with van der Waals surface area (Å²) >= 11 is 0. The lowest BCUT2D eigenvalue weighted by molar-refractivity contribution is 0.321. The first-order chi connectivity index (χ1) is 8.40. The summed E-state index contributed by atoms with van der Waals surface area (Å²) in [5.74, 6) is 0. The van der Waals surface area contributed by atoms with Crippen LogP contribution in [0.15, 0.2) is 36.4 Å². The third-order valence-corrected chi connectivity index (χ3v) is 3.11. The van der Waals surface area contributed by atoms with E-state index < -0.39 is 0 Å². The van der Waals surface area contributed by atoms with E-state index in [2.05, 4.69) is 48.2 Å². The molecule has 1 aromatic carbocycles. The molecule has 0 saturated heterocycles. The molecular weight excluding hydrogens is 206 g/mol. The van der Waals surface area contributed by atoms with Crippen molar-refractivity contribution < 1.29 is 0 Å². The van der Waals surface area contributed by atoms with Crippen molar-refractivity contribution in [3.05, 3.63) is 42.0 Å². The van der Waals surface area contributed by atoms with Crippen LogP contribution in [0.2, 0.25) is 0 Å². The lowest BCUT2D eigenvalue weighted by Crippen LogP contribution is -2.23. The molecule has 0 radical (unpaired) electrons. The van der Waals surface area contributed by atoms with Gasteiger partial charge in [-0.3, -0.25) is 4.90 Å². The fraction of sp³-hybridized carbons (Fsp3) is 0.500. The van der Waals surface area contributed by atoms with Crippen LogP contribution in [0.1, 0.15) is 39.2 Å². The van der Waals surface area contributed by atoms with Crippen LogP contribution in [-0.2, 0) is 0 Å². The van der Waals surface area contributed by atoms with Crippen LogP contribution in [0.4, 0.5) is 0 Å². The topological polar surface area (TPSA) is 3.24 Å². The van der Waals surface area contributed by atoms with Crippen molar-refractivity contribution in [1.82, 2.24) is 4.90 Å². The van der Waals surface area contributed by atoms with E-state index in [1.54, 1.807) is 0 Å². The maximum absolute atomic E-state index is 2.50. The van der Waals surface area contributed by atoms with Gasteiger partial charge in [0.05, 0.1) is 0 Å². The lowest BCUT2D eigenvalue weighted by Gasteiger charge is -2.15. The van der Waals surface area contributed by atoms with E-state index in [4.69, 9.17) is 0 Å². The number of allylic oxidation sites excluding steroid dienone is 1. The molecule has 0 amide bonds. The van der Waals surface area contributed by atoms with Crippen LogP contribution in [0, 0.1) is 0 Å². The molecular formula is C16H25N. The zero-order valence-electron chi connectivity index (χ0n) is 11.4. The van der Waals surface area contributed by atoms with Crippen molar-refractivity contribution in [3.8, 4) is 0 Å². The van der Waals surface area contributed by atoms with E-state index in [-0.39, 0.29) is 0 Å². The summed E-state index contributed by atoms with van der Waals surface area (Å²) in [5, 5.41) is 0. The summed E-state index contributed by atoms with van der Waals surface area (Å²) in [4.78, 5) is 2.50. The summed E-state index contributed by atoms with van der Waals surface area (Å²) in [7, 11) is 0. The highest BCUT2D eigenvalue weighted by Gasteiger charge is 2.08. The zero-order valence-corrected chi connectivity index (χ0v) is 11.4. The second kappa shape index (κ2) is 8.08. The number of hydrogen-bond acceptors (Lipinski definition) is 1. The molecule has 0 saturated carbocycles. The monoisotopic (exact) mass is 231 g/mol. The zero-order chi connectivity index (χ0) is 12.5. The fourth-order valence-corrected chi connectivity index (χ4v) is 2.13. The molecule has 1 nitrogen and oxygen atoms in total. The Balaban J connectivity index is 0.000000686. The minimum atomic E-state index is 1.11. The third kappa shape index (κ3) is 4.35. The number of likely N-dealkylation sites (N-methyl/N-ethyl adjacent to an activating group) is 1. The van der Waals surface area contributed by atoms with Gasteiger partial charge in [0.15, 0.2) is 0 Å². The van der Waals surface area contributed by atoms with E-state index >= 15 is 0 Å². The third-order valence-electron chi connectivity index (χ3n) is 3.11. The van der Waals surface area contributed by atoms with Gasteiger partial charge in [0.2, 0.25) is 0 Å². The molecule has 1 aromatic rings. The van der Waals surface area contributed by atoms with Gasteiger partial charge in [-0.2, -0.15) is 0 Å². The molecule has 0 unspecified atom stereocenters. The van der Waals surface area contributed by atoms with Crippen LogP contribution in [-0.4, -0.2) is 24.5 Å². The number of hydrogen-bond donors (Lipinski definition) is 0. The number of rotatable bonds is 2. The molecule has 0 spiro atoms. The van der Waals surface area contributed by atoms with E-state index in [9.17, 15) is 0 Å². The minimum Gasteiger partial charge on any atom is -0.300 e. The molecule has 1 aliphatic rings. The van der Waals surface area contributed by atoms with Crippen molar-refractivity contribution in [3.63, 3.8) is 0 Å². The maximum Gasteiger partial charge on any atom is 0.0169 e. The number of benzene rings is 1. The Morgan fingerprint density at radius 1 is 1.12 bits per heavy atom. The summed E-state index contributed by atoms with van der Waals surface area (Å²) in [6.45, 7) is 9.75. The molecule has 1 heterocycles. The van der Waals surface area contributed by atoms with Crippen LogP contribution in [0.25, 0.3) is 5.57 Å². The first kappa shape index (κ1) is 14.0. The van der Waals surface area contributed by atoms with E-state index in [0.29, 0.717) is 0 Å². The normalized spacial score (nSPS) is 16.5. The number of nitrogens with zero attached hydrogens (tertiary/aromatic N) is 1. The Hall–Kier alpha value is -1.08. The summed E-state index contributed by atoms with van der Waals surface area (Å²) in [6.07, 6.45) is 4.90. The van der Waals surface area contributed by atoms with Gasteiger partial charge in [-0.05, 0) is 37.1 Å². The van der Waals surface area contributed by atoms with E-state index in [0.717, 1.165) is 6.54 Å². The van der Waals surface area contributed by atoms with Gasteiger partial charge < -0.3 is 0 Å². The second-order valence-electron chi connectivity index (χ2n) is 4.09. The summed E-state index contributed by atoms with van der Waals surface area (Å²) in [6, 6.07) is 10.8. The average Bonchev–Trinajstić information content (AvgIpc) is 2.67. The molecule has 0 fully saturated rings. The molecule has 0 aliphatic carbocycles. The van der Waals surface area contributed by atoms with Crippen molar-refractivity contribution in [2.24, 2.45) is 0 Å². The first-order valence-electron chi connectivity index (χ1n) is 6.87. The molecule has 1 heteroatoms. The summed E-state index contributed by atoms with van der Waals surface area (Å²) < 4.78 is 0. The van der Waals surface area contributed by atoms with Gasteiger partial charge in [0, 0.05) is 6.54 Å². The molecule has 17 heavy (non-hydrogen) atoms.